The fourth-order valence-corrected chi connectivity index (χ4v) is 5.78. The molecule has 230 valence electrons. The number of hydrogen-bond acceptors (Lipinski definition) is 11. The number of fused-ring (bicyclic) bond motifs is 1. The van der Waals surface area contributed by atoms with E-state index < -0.39 is 37.1 Å². The molecule has 4 aromatic rings. The van der Waals surface area contributed by atoms with Gasteiger partial charge in [-0.2, -0.15) is 5.09 Å². The van der Waals surface area contributed by atoms with Crippen LogP contribution in [0, 0.1) is 5.92 Å². The van der Waals surface area contributed by atoms with Gasteiger partial charge in [0, 0.05) is 37.6 Å². The highest BCUT2D eigenvalue weighted by Gasteiger charge is 2.37. The van der Waals surface area contributed by atoms with Gasteiger partial charge < -0.3 is 27.7 Å². The SMILES string of the molecule is COC(=O)[C@@H](NP(=O)(Oc1ccccc1)Oc1cc(OC(C)=O)c2c(=O)cc(-c3ccc(OC(C)=O)cc3)oc2c1)C(C)C. The molecule has 0 aliphatic rings. The van der Waals surface area contributed by atoms with Crippen molar-refractivity contribution in [2.24, 2.45) is 5.92 Å². The number of benzene rings is 3. The maximum absolute atomic E-state index is 14.2. The molecule has 1 unspecified atom stereocenters. The van der Waals surface area contributed by atoms with Crippen LogP contribution in [0.4, 0.5) is 0 Å². The third-order valence-corrected chi connectivity index (χ3v) is 7.53. The zero-order chi connectivity index (χ0) is 32.0. The molecule has 1 aromatic heterocycles. The maximum Gasteiger partial charge on any atom is 0.513 e. The molecule has 0 bridgehead atoms. The van der Waals surface area contributed by atoms with Crippen LogP contribution in [0.1, 0.15) is 27.7 Å². The van der Waals surface area contributed by atoms with Crippen molar-refractivity contribution in [1.82, 2.24) is 5.09 Å². The Balaban J connectivity index is 1.82. The minimum atomic E-state index is -4.42. The standard InChI is InChI=1S/C31H30NO11P/c1-18(2)30(31(36)38-5)32-44(37,42-23-9-7-6-8-10-23)43-24-15-27(40-20(4)34)29-25(35)17-26(41-28(29)16-24)21-11-13-22(14-12-21)39-19(3)33/h6-18,30H,1-5H3,(H,32,37)/t30-,44?/m0/s1. The first-order chi connectivity index (χ1) is 20.9. The van der Waals surface area contributed by atoms with Gasteiger partial charge in [-0.25, -0.2) is 4.57 Å². The summed E-state index contributed by atoms with van der Waals surface area (Å²) >= 11 is 0. The summed E-state index contributed by atoms with van der Waals surface area (Å²) in [5, 5.41) is 2.58. The van der Waals surface area contributed by atoms with Gasteiger partial charge in [0.15, 0.2) is 5.43 Å². The third kappa shape index (κ3) is 7.91. The van der Waals surface area contributed by atoms with Crippen LogP contribution in [0.15, 0.2) is 82.0 Å². The minimum absolute atomic E-state index is 0.0649. The minimum Gasteiger partial charge on any atom is -0.468 e. The average molecular weight is 624 g/mol. The summed E-state index contributed by atoms with van der Waals surface area (Å²) in [6.45, 7) is 5.85. The van der Waals surface area contributed by atoms with Crippen molar-refractivity contribution < 1.29 is 46.6 Å². The molecule has 0 amide bonds. The first kappa shape index (κ1) is 32.0. The van der Waals surface area contributed by atoms with Crippen LogP contribution in [0.5, 0.6) is 23.0 Å². The summed E-state index contributed by atoms with van der Waals surface area (Å²) in [5.41, 5.74) is -0.136. The second kappa shape index (κ2) is 13.6. The number of carbonyl (C=O) groups excluding carboxylic acids is 3. The topological polar surface area (TPSA) is 157 Å². The third-order valence-electron chi connectivity index (χ3n) is 6.04. The van der Waals surface area contributed by atoms with Crippen LogP contribution in [0.25, 0.3) is 22.3 Å². The second-order valence-corrected chi connectivity index (χ2v) is 11.5. The Labute approximate surface area is 252 Å². The number of para-hydroxylation sites is 1. The van der Waals surface area contributed by atoms with Crippen molar-refractivity contribution >= 4 is 36.6 Å². The van der Waals surface area contributed by atoms with E-state index >= 15 is 0 Å². The highest BCUT2D eigenvalue weighted by molar-refractivity contribution is 7.52. The quantitative estimate of drug-likeness (QED) is 0.124. The van der Waals surface area contributed by atoms with Crippen LogP contribution >= 0.6 is 7.75 Å². The van der Waals surface area contributed by atoms with E-state index in [1.54, 1.807) is 56.3 Å². The van der Waals surface area contributed by atoms with Crippen molar-refractivity contribution in [3.8, 4) is 34.3 Å². The molecule has 1 heterocycles. The van der Waals surface area contributed by atoms with E-state index in [0.29, 0.717) is 11.3 Å². The van der Waals surface area contributed by atoms with E-state index in [-0.39, 0.29) is 39.9 Å². The Morgan fingerprint density at radius 3 is 2.05 bits per heavy atom. The predicted molar refractivity (Wildman–Crippen MR) is 160 cm³/mol. The van der Waals surface area contributed by atoms with Crippen molar-refractivity contribution in [3.05, 3.63) is 83.0 Å². The van der Waals surface area contributed by atoms with Crippen molar-refractivity contribution in [1.29, 1.82) is 0 Å². The molecule has 13 heteroatoms. The van der Waals surface area contributed by atoms with E-state index in [1.165, 1.54) is 44.4 Å². The lowest BCUT2D eigenvalue weighted by Gasteiger charge is -2.26. The molecular weight excluding hydrogens is 593 g/mol. The van der Waals surface area contributed by atoms with E-state index in [1.807, 2.05) is 0 Å². The summed E-state index contributed by atoms with van der Waals surface area (Å²) in [4.78, 5) is 49.0. The van der Waals surface area contributed by atoms with Gasteiger partial charge in [0.25, 0.3) is 0 Å². The Hall–Kier alpha value is -4.93. The monoisotopic (exact) mass is 623 g/mol. The largest absolute Gasteiger partial charge is 0.513 e. The Morgan fingerprint density at radius 2 is 1.45 bits per heavy atom. The highest BCUT2D eigenvalue weighted by Crippen LogP contribution is 2.47. The summed E-state index contributed by atoms with van der Waals surface area (Å²) in [6.07, 6.45) is 0. The van der Waals surface area contributed by atoms with Crippen LogP contribution < -0.4 is 29.0 Å². The van der Waals surface area contributed by atoms with Gasteiger partial charge in [-0.15, -0.1) is 0 Å². The molecule has 0 aliphatic carbocycles. The molecule has 4 rings (SSSR count). The van der Waals surface area contributed by atoms with Crippen LogP contribution in [-0.4, -0.2) is 31.1 Å². The maximum atomic E-state index is 14.2. The molecule has 0 saturated carbocycles. The normalized spacial score (nSPS) is 13.0. The molecule has 1 N–H and O–H groups in total. The lowest BCUT2D eigenvalue weighted by molar-refractivity contribution is -0.144. The fourth-order valence-electron chi connectivity index (χ4n) is 4.11. The van der Waals surface area contributed by atoms with E-state index in [9.17, 15) is 23.7 Å². The molecule has 12 nitrogen and oxygen atoms in total. The van der Waals surface area contributed by atoms with Crippen molar-refractivity contribution in [3.63, 3.8) is 0 Å². The lowest BCUT2D eigenvalue weighted by atomic mass is 10.1. The number of ether oxygens (including phenoxy) is 3. The van der Waals surface area contributed by atoms with Gasteiger partial charge in [-0.1, -0.05) is 32.0 Å². The van der Waals surface area contributed by atoms with Crippen LogP contribution in [-0.2, 0) is 23.7 Å². The Kier molecular flexibility index (Phi) is 9.87. The molecule has 0 aliphatic heterocycles. The van der Waals surface area contributed by atoms with Crippen LogP contribution in [0.2, 0.25) is 0 Å². The van der Waals surface area contributed by atoms with E-state index in [2.05, 4.69) is 5.09 Å². The average Bonchev–Trinajstić information content (AvgIpc) is 2.95. The summed E-state index contributed by atoms with van der Waals surface area (Å²) in [6, 6.07) is 17.0. The van der Waals surface area contributed by atoms with E-state index in [4.69, 9.17) is 27.7 Å². The molecule has 0 radical (unpaired) electrons. The summed E-state index contributed by atoms with van der Waals surface area (Å²) < 4.78 is 47.1. The van der Waals surface area contributed by atoms with Gasteiger partial charge in [0.05, 0.1) is 7.11 Å². The first-order valence-corrected chi connectivity index (χ1v) is 14.9. The molecule has 44 heavy (non-hydrogen) atoms. The van der Waals surface area contributed by atoms with Gasteiger partial charge in [-0.3, -0.25) is 19.2 Å². The number of nitrogens with one attached hydrogen (secondary N) is 1. The van der Waals surface area contributed by atoms with Crippen molar-refractivity contribution in [2.45, 2.75) is 33.7 Å². The van der Waals surface area contributed by atoms with Gasteiger partial charge in [-0.05, 0) is 42.3 Å². The Morgan fingerprint density at radius 1 is 0.818 bits per heavy atom. The molecule has 0 fully saturated rings. The summed E-state index contributed by atoms with van der Waals surface area (Å²) in [7, 11) is -3.23. The van der Waals surface area contributed by atoms with Gasteiger partial charge >= 0.3 is 25.7 Å². The van der Waals surface area contributed by atoms with Crippen molar-refractivity contribution in [2.75, 3.05) is 7.11 Å². The Bertz CT molecular complexity index is 1780. The molecule has 0 spiro atoms. The zero-order valence-electron chi connectivity index (χ0n) is 24.5. The lowest BCUT2D eigenvalue weighted by Crippen LogP contribution is -2.41. The number of esters is 3. The smallest absolute Gasteiger partial charge is 0.468 e. The molecule has 2 atom stereocenters. The second-order valence-electron chi connectivity index (χ2n) is 9.85. The number of methoxy groups -OCH3 is 1. The molecular formula is C31H30NO11P. The van der Waals surface area contributed by atoms with Gasteiger partial charge in [0.1, 0.15) is 45.8 Å². The highest BCUT2D eigenvalue weighted by atomic mass is 31.2. The van der Waals surface area contributed by atoms with Gasteiger partial charge in [0.2, 0.25) is 0 Å². The number of hydrogen-bond donors (Lipinski definition) is 1. The zero-order valence-corrected chi connectivity index (χ0v) is 25.4. The number of rotatable bonds is 11. The first-order valence-electron chi connectivity index (χ1n) is 13.4. The fraction of sp³-hybridized carbons (Fsp3) is 0.226. The summed E-state index contributed by atoms with van der Waals surface area (Å²) in [5.74, 6) is -2.10. The molecule has 3 aromatic carbocycles. The predicted octanol–water partition coefficient (Wildman–Crippen LogP) is 5.66. The number of carbonyl (C=O) groups is 3. The van der Waals surface area contributed by atoms with E-state index in [0.717, 1.165) is 6.92 Å². The molecule has 0 saturated heterocycles. The van der Waals surface area contributed by atoms with Crippen LogP contribution in [0.3, 0.4) is 0 Å².